The number of carbonyl (C=O) groups excluding carboxylic acids is 1. The lowest BCUT2D eigenvalue weighted by Crippen LogP contribution is -2.34. The van der Waals surface area contributed by atoms with E-state index in [1.807, 2.05) is 18.2 Å². The van der Waals surface area contributed by atoms with Gasteiger partial charge in [-0.05, 0) is 49.9 Å². The highest BCUT2D eigenvalue weighted by Gasteiger charge is 2.26. The van der Waals surface area contributed by atoms with Gasteiger partial charge in [-0.2, -0.15) is 0 Å². The summed E-state index contributed by atoms with van der Waals surface area (Å²) >= 11 is 0. The smallest absolute Gasteiger partial charge is 0.258 e. The van der Waals surface area contributed by atoms with Gasteiger partial charge in [-0.15, -0.1) is 0 Å². The van der Waals surface area contributed by atoms with Gasteiger partial charge >= 0.3 is 0 Å². The monoisotopic (exact) mass is 382 g/mol. The molecule has 2 heterocycles. The van der Waals surface area contributed by atoms with Gasteiger partial charge in [0.1, 0.15) is 17.8 Å². The number of nitrogens with one attached hydrogen (secondary N) is 2. The number of aromatic amines is 1. The summed E-state index contributed by atoms with van der Waals surface area (Å²) in [6.07, 6.45) is 4.00. The lowest BCUT2D eigenvalue weighted by Gasteiger charge is -2.23. The van der Waals surface area contributed by atoms with Crippen LogP contribution in [-0.4, -0.2) is 24.6 Å². The van der Waals surface area contributed by atoms with Crippen molar-refractivity contribution in [3.05, 3.63) is 57.8 Å². The summed E-state index contributed by atoms with van der Waals surface area (Å²) in [5.74, 6) is 1.05. The molecule has 1 aliphatic carbocycles. The van der Waals surface area contributed by atoms with E-state index in [2.05, 4.69) is 10.3 Å². The quantitative estimate of drug-likeness (QED) is 0.708. The third-order valence-corrected chi connectivity index (χ3v) is 5.04. The second-order valence-electron chi connectivity index (χ2n) is 6.95. The van der Waals surface area contributed by atoms with Crippen LogP contribution in [0.25, 0.3) is 10.9 Å². The molecular formula is C21H22N2O5. The minimum atomic E-state index is -0.305. The lowest BCUT2D eigenvalue weighted by atomic mass is 9.91. The lowest BCUT2D eigenvalue weighted by molar-refractivity contribution is -0.124. The van der Waals surface area contributed by atoms with Crippen LogP contribution in [0, 0.1) is 6.92 Å². The zero-order valence-electron chi connectivity index (χ0n) is 15.8. The molecule has 1 aliphatic rings. The van der Waals surface area contributed by atoms with Crippen LogP contribution in [0.3, 0.4) is 0 Å². The summed E-state index contributed by atoms with van der Waals surface area (Å²) in [5, 5.41) is 4.13. The summed E-state index contributed by atoms with van der Waals surface area (Å²) < 4.78 is 15.8. The molecule has 1 amide bonds. The fraction of sp³-hybridized carbons (Fsp3) is 0.333. The number of aromatic nitrogens is 1. The number of ether oxygens (including phenoxy) is 2. The van der Waals surface area contributed by atoms with E-state index in [0.29, 0.717) is 5.76 Å². The molecule has 0 aliphatic heterocycles. The normalized spacial score (nSPS) is 15.9. The maximum atomic E-state index is 12.4. The zero-order valence-corrected chi connectivity index (χ0v) is 15.8. The van der Waals surface area contributed by atoms with Gasteiger partial charge in [0, 0.05) is 22.7 Å². The van der Waals surface area contributed by atoms with Gasteiger partial charge in [0.05, 0.1) is 13.2 Å². The van der Waals surface area contributed by atoms with E-state index in [-0.39, 0.29) is 29.7 Å². The first-order valence-corrected chi connectivity index (χ1v) is 9.25. The van der Waals surface area contributed by atoms with E-state index in [1.54, 1.807) is 14.0 Å². The van der Waals surface area contributed by atoms with E-state index in [0.717, 1.165) is 41.6 Å². The van der Waals surface area contributed by atoms with Crippen molar-refractivity contribution in [2.75, 3.05) is 13.7 Å². The molecule has 0 fully saturated rings. The Hall–Kier alpha value is -3.22. The van der Waals surface area contributed by atoms with E-state index < -0.39 is 0 Å². The summed E-state index contributed by atoms with van der Waals surface area (Å²) in [7, 11) is 1.65. The largest absolute Gasteiger partial charge is 0.497 e. The van der Waals surface area contributed by atoms with E-state index in [9.17, 15) is 9.59 Å². The van der Waals surface area contributed by atoms with Crippen molar-refractivity contribution in [2.24, 2.45) is 0 Å². The van der Waals surface area contributed by atoms with Gasteiger partial charge in [0.25, 0.3) is 5.91 Å². The predicted molar refractivity (Wildman–Crippen MR) is 104 cm³/mol. The van der Waals surface area contributed by atoms with Crippen LogP contribution in [0.5, 0.6) is 11.5 Å². The van der Waals surface area contributed by atoms with Crippen molar-refractivity contribution in [1.29, 1.82) is 0 Å². The number of carbonyl (C=O) groups is 1. The summed E-state index contributed by atoms with van der Waals surface area (Å²) in [6.45, 7) is 1.43. The number of H-pyrrole nitrogens is 1. The molecule has 0 saturated carbocycles. The highest BCUT2D eigenvalue weighted by atomic mass is 16.5. The number of hydrogen-bond donors (Lipinski definition) is 2. The van der Waals surface area contributed by atoms with Crippen LogP contribution in [-0.2, 0) is 11.2 Å². The molecule has 146 valence electrons. The molecule has 7 heteroatoms. The van der Waals surface area contributed by atoms with E-state index in [4.69, 9.17) is 13.9 Å². The van der Waals surface area contributed by atoms with Gasteiger partial charge in [0.15, 0.2) is 6.61 Å². The fourth-order valence-corrected chi connectivity index (χ4v) is 3.69. The van der Waals surface area contributed by atoms with E-state index >= 15 is 0 Å². The van der Waals surface area contributed by atoms with Gasteiger partial charge in [-0.3, -0.25) is 9.59 Å². The number of fused-ring (bicyclic) bond motifs is 3. The number of hydrogen-bond acceptors (Lipinski definition) is 5. The number of aryl methyl sites for hydroxylation is 2. The summed E-state index contributed by atoms with van der Waals surface area (Å²) in [6, 6.07) is 7.14. The van der Waals surface area contributed by atoms with Gasteiger partial charge in [-0.1, -0.05) is 0 Å². The van der Waals surface area contributed by atoms with Crippen LogP contribution in [0.15, 0.2) is 39.7 Å². The Kier molecular flexibility index (Phi) is 4.81. The van der Waals surface area contributed by atoms with Crippen molar-refractivity contribution in [1.82, 2.24) is 10.3 Å². The van der Waals surface area contributed by atoms with Crippen LogP contribution >= 0.6 is 0 Å². The average molecular weight is 382 g/mol. The maximum Gasteiger partial charge on any atom is 0.258 e. The van der Waals surface area contributed by atoms with Gasteiger partial charge in [-0.25, -0.2) is 0 Å². The summed E-state index contributed by atoms with van der Waals surface area (Å²) in [5.41, 5.74) is 2.96. The van der Waals surface area contributed by atoms with Crippen molar-refractivity contribution in [2.45, 2.75) is 32.2 Å². The molecule has 2 N–H and O–H groups in total. The molecule has 4 rings (SSSR count). The molecule has 1 aromatic carbocycles. The first-order chi connectivity index (χ1) is 13.5. The standard InChI is InChI=1S/C21H22N2O5/c1-12-8-18(24)19(10-27-12)28-11-20(25)22-17-5-3-4-14-15-9-13(26-2)6-7-16(15)23-21(14)17/h6-10,17,23H,3-5,11H2,1-2H3,(H,22,25). The Morgan fingerprint density at radius 1 is 1.36 bits per heavy atom. The number of methoxy groups -OCH3 is 1. The second kappa shape index (κ2) is 7.42. The summed E-state index contributed by atoms with van der Waals surface area (Å²) in [4.78, 5) is 27.6. The highest BCUT2D eigenvalue weighted by Crippen LogP contribution is 2.36. The van der Waals surface area contributed by atoms with E-state index in [1.165, 1.54) is 17.9 Å². The Balaban J connectivity index is 1.48. The molecule has 1 atom stereocenters. The van der Waals surface area contributed by atoms with Gasteiger partial charge < -0.3 is 24.2 Å². The molecule has 0 radical (unpaired) electrons. The molecule has 7 nitrogen and oxygen atoms in total. The van der Waals surface area contributed by atoms with Crippen molar-refractivity contribution in [3.8, 4) is 11.5 Å². The highest BCUT2D eigenvalue weighted by molar-refractivity contribution is 5.87. The van der Waals surface area contributed by atoms with Crippen molar-refractivity contribution >= 4 is 16.8 Å². The fourth-order valence-electron chi connectivity index (χ4n) is 3.69. The Morgan fingerprint density at radius 3 is 3.00 bits per heavy atom. The SMILES string of the molecule is COc1ccc2[nH]c3c(c2c1)CCCC3NC(=O)COc1coc(C)cc1=O. The maximum absolute atomic E-state index is 12.4. The minimum Gasteiger partial charge on any atom is -0.497 e. The first-order valence-electron chi connectivity index (χ1n) is 9.25. The Labute approximate surface area is 161 Å². The molecule has 0 saturated heterocycles. The molecule has 0 spiro atoms. The van der Waals surface area contributed by atoms with Crippen LogP contribution < -0.4 is 20.2 Å². The third kappa shape index (κ3) is 3.47. The van der Waals surface area contributed by atoms with Crippen LogP contribution in [0.4, 0.5) is 0 Å². The van der Waals surface area contributed by atoms with Crippen LogP contribution in [0.1, 0.15) is 35.9 Å². The topological polar surface area (TPSA) is 93.6 Å². The molecular weight excluding hydrogens is 360 g/mol. The number of rotatable bonds is 5. The Bertz CT molecular complexity index is 1080. The molecule has 1 unspecified atom stereocenters. The second-order valence-corrected chi connectivity index (χ2v) is 6.95. The number of benzene rings is 1. The van der Waals surface area contributed by atoms with Crippen LogP contribution in [0.2, 0.25) is 0 Å². The first kappa shape index (κ1) is 18.2. The zero-order chi connectivity index (χ0) is 19.7. The number of amides is 1. The Morgan fingerprint density at radius 2 is 2.21 bits per heavy atom. The molecule has 2 aromatic heterocycles. The van der Waals surface area contributed by atoms with Gasteiger partial charge in [0.2, 0.25) is 11.2 Å². The predicted octanol–water partition coefficient (Wildman–Crippen LogP) is 3.01. The minimum absolute atomic E-state index is 0.0304. The molecule has 28 heavy (non-hydrogen) atoms. The molecule has 3 aromatic rings. The van der Waals surface area contributed by atoms with Crippen molar-refractivity contribution < 1.29 is 18.7 Å². The molecule has 0 bridgehead atoms. The average Bonchev–Trinajstić information content (AvgIpc) is 3.06. The third-order valence-electron chi connectivity index (χ3n) is 5.04. The van der Waals surface area contributed by atoms with Crippen molar-refractivity contribution in [3.63, 3.8) is 0 Å².